The second-order valence-corrected chi connectivity index (χ2v) is 4.62. The number of nitrogens with zero attached hydrogens (tertiary/aromatic N) is 2. The lowest BCUT2D eigenvalue weighted by molar-refractivity contribution is -0.163. The summed E-state index contributed by atoms with van der Waals surface area (Å²) < 4.78 is 39.4. The van der Waals surface area contributed by atoms with Crippen LogP contribution in [0.5, 0.6) is 0 Å². The van der Waals surface area contributed by atoms with Gasteiger partial charge in [-0.3, -0.25) is 4.68 Å². The van der Waals surface area contributed by atoms with E-state index in [-0.39, 0.29) is 12.5 Å². The third kappa shape index (κ3) is 3.21. The predicted octanol–water partition coefficient (Wildman–Crippen LogP) is 2.04. The Hall–Kier alpha value is -1.04. The third-order valence-corrected chi connectivity index (χ3v) is 3.12. The van der Waals surface area contributed by atoms with Crippen LogP contribution in [0.1, 0.15) is 24.8 Å². The lowest BCUT2D eigenvalue weighted by Gasteiger charge is -2.32. The van der Waals surface area contributed by atoms with Crippen molar-refractivity contribution in [3.05, 3.63) is 18.0 Å². The number of aromatic nitrogens is 2. The van der Waals surface area contributed by atoms with Crippen molar-refractivity contribution >= 4 is 0 Å². The van der Waals surface area contributed by atoms with E-state index in [0.29, 0.717) is 12.8 Å². The Balaban J connectivity index is 1.94. The maximum absolute atomic E-state index is 12.6. The van der Waals surface area contributed by atoms with Crippen LogP contribution in [0.25, 0.3) is 0 Å². The SMILES string of the molecule is Cn1cc(CC2CCCC(C(F)(F)F)N2)cn1. The molecule has 1 saturated heterocycles. The highest BCUT2D eigenvalue weighted by Crippen LogP contribution is 2.28. The first-order valence-corrected chi connectivity index (χ1v) is 5.75. The van der Waals surface area contributed by atoms with Crippen LogP contribution in [0.15, 0.2) is 12.4 Å². The molecule has 0 amide bonds. The minimum Gasteiger partial charge on any atom is -0.303 e. The molecular weight excluding hydrogens is 231 g/mol. The molecule has 2 unspecified atom stereocenters. The van der Waals surface area contributed by atoms with Crippen LogP contribution >= 0.6 is 0 Å². The smallest absolute Gasteiger partial charge is 0.303 e. The van der Waals surface area contributed by atoms with Gasteiger partial charge < -0.3 is 5.32 Å². The van der Waals surface area contributed by atoms with Gasteiger partial charge in [-0.05, 0) is 31.2 Å². The van der Waals surface area contributed by atoms with E-state index in [0.717, 1.165) is 12.0 Å². The van der Waals surface area contributed by atoms with Crippen LogP contribution < -0.4 is 5.32 Å². The molecule has 1 aromatic rings. The van der Waals surface area contributed by atoms with Crippen molar-refractivity contribution in [1.82, 2.24) is 15.1 Å². The summed E-state index contributed by atoms with van der Waals surface area (Å²) in [6.45, 7) is 0. The van der Waals surface area contributed by atoms with Crippen molar-refractivity contribution in [2.75, 3.05) is 0 Å². The molecule has 1 aliphatic heterocycles. The van der Waals surface area contributed by atoms with E-state index < -0.39 is 12.2 Å². The Bertz CT molecular complexity index is 372. The molecule has 17 heavy (non-hydrogen) atoms. The van der Waals surface area contributed by atoms with Crippen molar-refractivity contribution < 1.29 is 13.2 Å². The summed E-state index contributed by atoms with van der Waals surface area (Å²) >= 11 is 0. The minimum atomic E-state index is -4.13. The van der Waals surface area contributed by atoms with Gasteiger partial charge in [0.25, 0.3) is 0 Å². The number of rotatable bonds is 2. The summed E-state index contributed by atoms with van der Waals surface area (Å²) in [4.78, 5) is 0. The monoisotopic (exact) mass is 247 g/mol. The molecule has 1 aromatic heterocycles. The van der Waals surface area contributed by atoms with Crippen LogP contribution in [-0.4, -0.2) is 28.0 Å². The molecule has 1 N–H and O–H groups in total. The molecule has 0 spiro atoms. The van der Waals surface area contributed by atoms with E-state index in [1.54, 1.807) is 17.9 Å². The highest BCUT2D eigenvalue weighted by molar-refractivity contribution is 5.06. The minimum absolute atomic E-state index is 0.0976. The summed E-state index contributed by atoms with van der Waals surface area (Å²) in [5.74, 6) is 0. The Kier molecular flexibility index (Phi) is 3.42. The lowest BCUT2D eigenvalue weighted by Crippen LogP contribution is -2.50. The van der Waals surface area contributed by atoms with E-state index in [4.69, 9.17) is 0 Å². The Morgan fingerprint density at radius 1 is 1.47 bits per heavy atom. The Morgan fingerprint density at radius 3 is 2.82 bits per heavy atom. The number of hydrogen-bond donors (Lipinski definition) is 1. The fourth-order valence-electron chi connectivity index (χ4n) is 2.30. The van der Waals surface area contributed by atoms with Gasteiger partial charge in [-0.2, -0.15) is 18.3 Å². The summed E-state index contributed by atoms with van der Waals surface area (Å²) in [6.07, 6.45) is 1.64. The fraction of sp³-hybridized carbons (Fsp3) is 0.727. The molecule has 0 radical (unpaired) electrons. The van der Waals surface area contributed by atoms with E-state index >= 15 is 0 Å². The fourth-order valence-corrected chi connectivity index (χ4v) is 2.30. The molecule has 0 aromatic carbocycles. The largest absolute Gasteiger partial charge is 0.403 e. The topological polar surface area (TPSA) is 29.9 Å². The van der Waals surface area contributed by atoms with Gasteiger partial charge in [0.1, 0.15) is 6.04 Å². The van der Waals surface area contributed by atoms with Gasteiger partial charge in [-0.1, -0.05) is 0 Å². The zero-order chi connectivity index (χ0) is 12.5. The van der Waals surface area contributed by atoms with Crippen molar-refractivity contribution in [3.63, 3.8) is 0 Å². The highest BCUT2D eigenvalue weighted by atomic mass is 19.4. The van der Waals surface area contributed by atoms with E-state index in [2.05, 4.69) is 10.4 Å². The number of halogens is 3. The van der Waals surface area contributed by atoms with Crippen LogP contribution in [0.4, 0.5) is 13.2 Å². The molecule has 6 heteroatoms. The van der Waals surface area contributed by atoms with Gasteiger partial charge in [0.15, 0.2) is 0 Å². The van der Waals surface area contributed by atoms with Crippen LogP contribution in [0.2, 0.25) is 0 Å². The van der Waals surface area contributed by atoms with Crippen molar-refractivity contribution in [1.29, 1.82) is 0 Å². The van der Waals surface area contributed by atoms with Gasteiger partial charge in [-0.25, -0.2) is 0 Å². The van der Waals surface area contributed by atoms with Gasteiger partial charge in [0, 0.05) is 19.3 Å². The number of alkyl halides is 3. The summed E-state index contributed by atoms with van der Waals surface area (Å²) in [7, 11) is 1.80. The normalized spacial score (nSPS) is 26.1. The highest BCUT2D eigenvalue weighted by Gasteiger charge is 2.41. The standard InChI is InChI=1S/C11H16F3N3/c1-17-7-8(6-15-17)5-9-3-2-4-10(16-9)11(12,13)14/h6-7,9-10,16H,2-5H2,1H3. The van der Waals surface area contributed by atoms with E-state index in [1.807, 2.05) is 6.20 Å². The number of hydrogen-bond acceptors (Lipinski definition) is 2. The maximum atomic E-state index is 12.6. The molecule has 2 rings (SSSR count). The predicted molar refractivity (Wildman–Crippen MR) is 57.5 cm³/mol. The summed E-state index contributed by atoms with van der Waals surface area (Å²) in [5.41, 5.74) is 0.979. The second kappa shape index (κ2) is 4.68. The molecule has 0 aliphatic carbocycles. The van der Waals surface area contributed by atoms with Crippen molar-refractivity contribution in [2.24, 2.45) is 7.05 Å². The van der Waals surface area contributed by atoms with Gasteiger partial charge in [-0.15, -0.1) is 0 Å². The van der Waals surface area contributed by atoms with Crippen LogP contribution in [0, 0.1) is 0 Å². The number of aryl methyl sites for hydroxylation is 1. The van der Waals surface area contributed by atoms with E-state index in [9.17, 15) is 13.2 Å². The molecule has 2 atom stereocenters. The van der Waals surface area contributed by atoms with Crippen molar-refractivity contribution in [2.45, 2.75) is 43.9 Å². The quantitative estimate of drug-likeness (QED) is 0.866. The van der Waals surface area contributed by atoms with Gasteiger partial charge in [0.2, 0.25) is 0 Å². The molecule has 0 bridgehead atoms. The average Bonchev–Trinajstić information content (AvgIpc) is 2.63. The summed E-state index contributed by atoms with van der Waals surface area (Å²) in [6, 6.07) is -1.45. The third-order valence-electron chi connectivity index (χ3n) is 3.12. The second-order valence-electron chi connectivity index (χ2n) is 4.62. The number of piperidine rings is 1. The maximum Gasteiger partial charge on any atom is 0.403 e. The van der Waals surface area contributed by atoms with Crippen LogP contribution in [-0.2, 0) is 13.5 Å². The van der Waals surface area contributed by atoms with Gasteiger partial charge >= 0.3 is 6.18 Å². The summed E-state index contributed by atoms with van der Waals surface area (Å²) in [5, 5.41) is 6.71. The zero-order valence-corrected chi connectivity index (χ0v) is 9.67. The molecular formula is C11H16F3N3. The van der Waals surface area contributed by atoms with Crippen LogP contribution in [0.3, 0.4) is 0 Å². The Labute approximate surface area is 98.0 Å². The number of nitrogens with one attached hydrogen (secondary N) is 1. The molecule has 1 fully saturated rings. The lowest BCUT2D eigenvalue weighted by atomic mass is 9.94. The average molecular weight is 247 g/mol. The van der Waals surface area contributed by atoms with Gasteiger partial charge in [0.05, 0.1) is 6.20 Å². The first kappa shape index (κ1) is 12.4. The Morgan fingerprint density at radius 2 is 2.24 bits per heavy atom. The van der Waals surface area contributed by atoms with E-state index in [1.165, 1.54) is 0 Å². The first-order valence-electron chi connectivity index (χ1n) is 5.75. The molecule has 2 heterocycles. The zero-order valence-electron chi connectivity index (χ0n) is 9.67. The molecule has 3 nitrogen and oxygen atoms in total. The molecule has 0 saturated carbocycles. The molecule has 96 valence electrons. The first-order chi connectivity index (χ1) is 7.95. The van der Waals surface area contributed by atoms with Crippen molar-refractivity contribution in [3.8, 4) is 0 Å². The molecule has 1 aliphatic rings.